The summed E-state index contributed by atoms with van der Waals surface area (Å²) in [4.78, 5) is 18.8. The Kier molecular flexibility index (Phi) is 2.81. The Bertz CT molecular complexity index is 667. The summed E-state index contributed by atoms with van der Waals surface area (Å²) < 4.78 is 1.45. The highest BCUT2D eigenvalue weighted by Crippen LogP contribution is 2.17. The number of rotatable bonds is 2. The predicted molar refractivity (Wildman–Crippen MR) is 62.5 cm³/mol. The van der Waals surface area contributed by atoms with E-state index < -0.39 is 5.97 Å². The Hall–Kier alpha value is -2.68. The van der Waals surface area contributed by atoms with Crippen LogP contribution in [0.25, 0.3) is 5.82 Å². The quantitative estimate of drug-likeness (QED) is 0.860. The van der Waals surface area contributed by atoms with Gasteiger partial charge in [0.05, 0.1) is 5.56 Å². The lowest BCUT2D eigenvalue weighted by Gasteiger charge is -2.07. The molecule has 0 aliphatic heterocycles. The van der Waals surface area contributed by atoms with Crippen LogP contribution < -0.4 is 0 Å². The number of aromatic nitrogens is 3. The third-order valence-corrected chi connectivity index (χ3v) is 2.48. The number of pyridine rings is 1. The molecule has 0 saturated heterocycles. The normalized spacial score (nSPS) is 10.1. The number of hydrogen-bond donors (Lipinski definition) is 1. The van der Waals surface area contributed by atoms with E-state index in [2.05, 4.69) is 16.0 Å². The number of hydrogen-bond acceptors (Lipinski definition) is 4. The van der Waals surface area contributed by atoms with Gasteiger partial charge in [-0.05, 0) is 25.5 Å². The van der Waals surface area contributed by atoms with Crippen LogP contribution in [0.15, 0.2) is 18.6 Å². The van der Waals surface area contributed by atoms with E-state index in [1.807, 2.05) is 13.8 Å². The van der Waals surface area contributed by atoms with Gasteiger partial charge < -0.3 is 5.11 Å². The highest BCUT2D eigenvalue weighted by molar-refractivity contribution is 5.85. The summed E-state index contributed by atoms with van der Waals surface area (Å²) in [6.45, 7) is 3.62. The first-order valence-electron chi connectivity index (χ1n) is 5.19. The molecule has 2 rings (SSSR count). The van der Waals surface area contributed by atoms with Gasteiger partial charge >= 0.3 is 5.97 Å². The van der Waals surface area contributed by atoms with Crippen LogP contribution in [0.5, 0.6) is 0 Å². The van der Waals surface area contributed by atoms with E-state index in [1.54, 1.807) is 6.07 Å². The van der Waals surface area contributed by atoms with E-state index in [0.717, 1.165) is 11.3 Å². The molecule has 0 spiro atoms. The van der Waals surface area contributed by atoms with Gasteiger partial charge in [-0.15, -0.1) is 0 Å². The molecule has 2 heterocycles. The van der Waals surface area contributed by atoms with E-state index >= 15 is 0 Å². The van der Waals surface area contributed by atoms with Gasteiger partial charge in [-0.25, -0.2) is 14.8 Å². The number of nitrogens with zero attached hydrogens (tertiary/aromatic N) is 4. The zero-order chi connectivity index (χ0) is 13.3. The topological polar surface area (TPSA) is 91.8 Å². The summed E-state index contributed by atoms with van der Waals surface area (Å²) in [6.07, 6.45) is 2.68. The molecule has 1 N–H and O–H groups in total. The molecule has 0 aromatic carbocycles. The third-order valence-electron chi connectivity index (χ3n) is 2.48. The second-order valence-electron chi connectivity index (χ2n) is 3.86. The van der Waals surface area contributed by atoms with E-state index in [1.165, 1.54) is 17.1 Å². The molecule has 0 bridgehead atoms. The number of nitriles is 1. The van der Waals surface area contributed by atoms with Crippen molar-refractivity contribution in [3.8, 4) is 11.9 Å². The summed E-state index contributed by atoms with van der Waals surface area (Å²) in [5, 5.41) is 17.9. The average molecular weight is 242 g/mol. The minimum atomic E-state index is -1.11. The number of aromatic carboxylic acids is 1. The van der Waals surface area contributed by atoms with Crippen molar-refractivity contribution in [1.29, 1.82) is 5.26 Å². The third kappa shape index (κ3) is 1.94. The number of carboxylic acids is 1. The Morgan fingerprint density at radius 1 is 1.50 bits per heavy atom. The van der Waals surface area contributed by atoms with Gasteiger partial charge in [0, 0.05) is 11.9 Å². The fraction of sp³-hybridized carbons (Fsp3) is 0.167. The molecule has 2 aromatic rings. The monoisotopic (exact) mass is 242 g/mol. The number of imidazole rings is 1. The molecule has 0 unspecified atom stereocenters. The second-order valence-corrected chi connectivity index (χ2v) is 3.86. The molecule has 0 atom stereocenters. The minimum absolute atomic E-state index is 0.0835. The smallest absolute Gasteiger partial charge is 0.356 e. The van der Waals surface area contributed by atoms with Crippen molar-refractivity contribution in [3.05, 3.63) is 41.1 Å². The van der Waals surface area contributed by atoms with Crippen molar-refractivity contribution < 1.29 is 9.90 Å². The highest BCUT2D eigenvalue weighted by atomic mass is 16.4. The number of carboxylic acid groups (broad SMARTS) is 1. The van der Waals surface area contributed by atoms with Crippen LogP contribution in [-0.2, 0) is 0 Å². The fourth-order valence-corrected chi connectivity index (χ4v) is 1.69. The van der Waals surface area contributed by atoms with Gasteiger partial charge in [0.15, 0.2) is 11.5 Å². The van der Waals surface area contributed by atoms with Gasteiger partial charge in [0.25, 0.3) is 0 Å². The van der Waals surface area contributed by atoms with Crippen LogP contribution in [0.4, 0.5) is 0 Å². The molecule has 0 aliphatic rings. The van der Waals surface area contributed by atoms with E-state index in [9.17, 15) is 4.79 Å². The molecule has 90 valence electrons. The van der Waals surface area contributed by atoms with Gasteiger partial charge in [0.2, 0.25) is 0 Å². The maximum Gasteiger partial charge on any atom is 0.356 e. The summed E-state index contributed by atoms with van der Waals surface area (Å²) in [7, 11) is 0. The van der Waals surface area contributed by atoms with Crippen LogP contribution in [0, 0.1) is 25.2 Å². The first-order valence-corrected chi connectivity index (χ1v) is 5.19. The summed E-state index contributed by atoms with van der Waals surface area (Å²) >= 11 is 0. The van der Waals surface area contributed by atoms with Crippen molar-refractivity contribution in [2.45, 2.75) is 13.8 Å². The molecule has 0 fully saturated rings. The van der Waals surface area contributed by atoms with Crippen molar-refractivity contribution >= 4 is 5.97 Å². The molecule has 0 aliphatic carbocycles. The molecule has 18 heavy (non-hydrogen) atoms. The Labute approximate surface area is 103 Å². The maximum absolute atomic E-state index is 10.8. The largest absolute Gasteiger partial charge is 0.476 e. The first-order chi connectivity index (χ1) is 8.52. The predicted octanol–water partition coefficient (Wildman–Crippen LogP) is 1.45. The molecule has 0 radical (unpaired) electrons. The Balaban J connectivity index is 2.63. The zero-order valence-corrected chi connectivity index (χ0v) is 9.88. The lowest BCUT2D eigenvalue weighted by atomic mass is 10.1. The maximum atomic E-state index is 10.8. The Morgan fingerprint density at radius 2 is 2.22 bits per heavy atom. The minimum Gasteiger partial charge on any atom is -0.476 e. The lowest BCUT2D eigenvalue weighted by Crippen LogP contribution is -2.03. The molecule has 6 nitrogen and oxygen atoms in total. The number of aryl methyl sites for hydroxylation is 2. The van der Waals surface area contributed by atoms with Crippen LogP contribution in [-0.4, -0.2) is 25.6 Å². The van der Waals surface area contributed by atoms with E-state index in [-0.39, 0.29) is 5.69 Å². The summed E-state index contributed by atoms with van der Waals surface area (Å²) in [5.74, 6) is -0.716. The molecule has 2 aromatic heterocycles. The van der Waals surface area contributed by atoms with E-state index in [4.69, 9.17) is 10.4 Å². The van der Waals surface area contributed by atoms with Crippen molar-refractivity contribution in [3.63, 3.8) is 0 Å². The average Bonchev–Trinajstić information content (AvgIpc) is 2.77. The Morgan fingerprint density at radius 3 is 2.78 bits per heavy atom. The van der Waals surface area contributed by atoms with Gasteiger partial charge in [-0.2, -0.15) is 5.26 Å². The second kappa shape index (κ2) is 4.30. The van der Waals surface area contributed by atoms with Crippen LogP contribution in [0.3, 0.4) is 0 Å². The van der Waals surface area contributed by atoms with Crippen molar-refractivity contribution in [2.24, 2.45) is 0 Å². The van der Waals surface area contributed by atoms with Gasteiger partial charge in [-0.3, -0.25) is 4.57 Å². The first kappa shape index (κ1) is 11.8. The summed E-state index contributed by atoms with van der Waals surface area (Å²) in [5.41, 5.74) is 1.88. The molecular formula is C12H10N4O2. The molecule has 0 saturated carbocycles. The van der Waals surface area contributed by atoms with Gasteiger partial charge in [0.1, 0.15) is 12.4 Å². The van der Waals surface area contributed by atoms with E-state index in [0.29, 0.717) is 11.4 Å². The molecule has 6 heteroatoms. The molecular weight excluding hydrogens is 232 g/mol. The standard InChI is InChI=1S/C12H10N4O2/c1-7-3-8(2)15-11(9(7)4-13)16-5-10(12(17)18)14-6-16/h3,5-6H,1-2H3,(H,17,18). The number of carbonyl (C=O) groups is 1. The van der Waals surface area contributed by atoms with Crippen molar-refractivity contribution in [2.75, 3.05) is 0 Å². The molecule has 0 amide bonds. The van der Waals surface area contributed by atoms with Crippen LogP contribution in [0.2, 0.25) is 0 Å². The lowest BCUT2D eigenvalue weighted by molar-refractivity contribution is 0.0691. The van der Waals surface area contributed by atoms with Crippen LogP contribution >= 0.6 is 0 Å². The fourth-order valence-electron chi connectivity index (χ4n) is 1.69. The summed E-state index contributed by atoms with van der Waals surface area (Å²) in [6, 6.07) is 3.87. The van der Waals surface area contributed by atoms with Gasteiger partial charge in [-0.1, -0.05) is 0 Å². The van der Waals surface area contributed by atoms with Crippen LogP contribution in [0.1, 0.15) is 27.3 Å². The SMILES string of the molecule is Cc1cc(C)c(C#N)c(-n2cnc(C(=O)O)c2)n1. The zero-order valence-electron chi connectivity index (χ0n) is 9.88. The van der Waals surface area contributed by atoms with Crippen molar-refractivity contribution in [1.82, 2.24) is 14.5 Å². The highest BCUT2D eigenvalue weighted by Gasteiger charge is 2.13.